The normalized spacial score (nSPS) is 9.88. The Hall–Kier alpha value is -1.28. The van der Waals surface area contributed by atoms with Gasteiger partial charge in [-0.05, 0) is 30.6 Å². The van der Waals surface area contributed by atoms with Gasteiger partial charge in [-0.25, -0.2) is 8.78 Å². The fourth-order valence-corrected chi connectivity index (χ4v) is 1.67. The molecule has 0 bridgehead atoms. The Balaban J connectivity index is 2.70. The van der Waals surface area contributed by atoms with Gasteiger partial charge in [-0.1, -0.05) is 0 Å². The van der Waals surface area contributed by atoms with E-state index >= 15 is 0 Å². The Morgan fingerprint density at radius 3 is 2.50 bits per heavy atom. The molecule has 0 aromatic heterocycles. The number of anilines is 1. The summed E-state index contributed by atoms with van der Waals surface area (Å²) in [7, 11) is 0. The Kier molecular flexibility index (Phi) is 5.06. The number of thioether (sulfide) groups is 1. The first kappa shape index (κ1) is 12.8. The minimum atomic E-state index is -0.722. The third-order valence-electron chi connectivity index (χ3n) is 2.00. The van der Waals surface area contributed by atoms with Crippen molar-refractivity contribution in [3.8, 4) is 6.07 Å². The van der Waals surface area contributed by atoms with Gasteiger partial charge < -0.3 is 5.32 Å². The summed E-state index contributed by atoms with van der Waals surface area (Å²) in [5.74, 6) is -0.506. The van der Waals surface area contributed by atoms with E-state index in [0.29, 0.717) is 6.54 Å². The van der Waals surface area contributed by atoms with Gasteiger partial charge in [0.1, 0.15) is 5.69 Å². The summed E-state index contributed by atoms with van der Waals surface area (Å²) >= 11 is 1.68. The van der Waals surface area contributed by atoms with E-state index < -0.39 is 11.6 Å². The summed E-state index contributed by atoms with van der Waals surface area (Å²) in [4.78, 5) is 0. The van der Waals surface area contributed by atoms with Crippen molar-refractivity contribution >= 4 is 17.4 Å². The topological polar surface area (TPSA) is 35.8 Å². The van der Waals surface area contributed by atoms with Crippen molar-refractivity contribution in [1.82, 2.24) is 0 Å². The molecule has 0 aliphatic carbocycles. The molecule has 0 aliphatic rings. The fraction of sp³-hybridized carbons (Fsp3) is 0.364. The van der Waals surface area contributed by atoms with E-state index in [9.17, 15) is 8.78 Å². The second kappa shape index (κ2) is 6.33. The maximum absolute atomic E-state index is 13.3. The highest BCUT2D eigenvalue weighted by Gasteiger charge is 2.10. The third-order valence-corrected chi connectivity index (χ3v) is 2.70. The summed E-state index contributed by atoms with van der Waals surface area (Å²) in [6.45, 7) is 0.514. The lowest BCUT2D eigenvalue weighted by atomic mass is 10.2. The summed E-state index contributed by atoms with van der Waals surface area (Å²) in [5, 5.41) is 11.2. The van der Waals surface area contributed by atoms with Crippen molar-refractivity contribution in [2.45, 2.75) is 6.42 Å². The zero-order valence-corrected chi connectivity index (χ0v) is 9.70. The average molecular weight is 242 g/mol. The van der Waals surface area contributed by atoms with Crippen LogP contribution in [0.2, 0.25) is 0 Å². The first-order valence-corrected chi connectivity index (χ1v) is 6.20. The van der Waals surface area contributed by atoms with Gasteiger partial charge in [0.15, 0.2) is 11.6 Å². The summed E-state index contributed by atoms with van der Waals surface area (Å²) < 4.78 is 26.7. The zero-order valence-electron chi connectivity index (χ0n) is 8.89. The van der Waals surface area contributed by atoms with Crippen LogP contribution in [0.3, 0.4) is 0 Å². The van der Waals surface area contributed by atoms with Crippen LogP contribution in [0, 0.1) is 23.0 Å². The van der Waals surface area contributed by atoms with Crippen LogP contribution in [0.4, 0.5) is 14.5 Å². The molecule has 86 valence electrons. The molecule has 0 radical (unpaired) electrons. The summed E-state index contributed by atoms with van der Waals surface area (Å²) in [5.41, 5.74) is -0.162. The monoisotopic (exact) mass is 242 g/mol. The molecular weight excluding hydrogens is 230 g/mol. The number of halogens is 2. The molecule has 0 fully saturated rings. The highest BCUT2D eigenvalue weighted by atomic mass is 32.2. The first-order chi connectivity index (χ1) is 7.69. The minimum absolute atomic E-state index is 0.00957. The van der Waals surface area contributed by atoms with Gasteiger partial charge in [0.2, 0.25) is 0 Å². The molecule has 0 unspecified atom stereocenters. The van der Waals surface area contributed by atoms with Gasteiger partial charge in [-0.2, -0.15) is 17.0 Å². The summed E-state index contributed by atoms with van der Waals surface area (Å²) in [6.07, 6.45) is 2.81. The molecule has 0 spiro atoms. The average Bonchev–Trinajstić information content (AvgIpc) is 2.26. The van der Waals surface area contributed by atoms with Crippen LogP contribution in [-0.2, 0) is 0 Å². The molecule has 1 aromatic carbocycles. The maximum Gasteiger partial charge on any atom is 0.150 e. The number of nitriles is 1. The highest BCUT2D eigenvalue weighted by Crippen LogP contribution is 2.20. The predicted octanol–water partition coefficient (Wildman–Crippen LogP) is 3.00. The van der Waals surface area contributed by atoms with E-state index in [-0.39, 0.29) is 11.3 Å². The Morgan fingerprint density at radius 2 is 2.00 bits per heavy atom. The number of nitrogens with zero attached hydrogens (tertiary/aromatic N) is 1. The van der Waals surface area contributed by atoms with Gasteiger partial charge >= 0.3 is 0 Å². The van der Waals surface area contributed by atoms with Crippen molar-refractivity contribution in [1.29, 1.82) is 5.26 Å². The van der Waals surface area contributed by atoms with Gasteiger partial charge in [0, 0.05) is 6.54 Å². The molecule has 0 amide bonds. The zero-order chi connectivity index (χ0) is 12.0. The molecule has 0 atom stereocenters. The Morgan fingerprint density at radius 1 is 1.38 bits per heavy atom. The lowest BCUT2D eigenvalue weighted by Crippen LogP contribution is -2.06. The van der Waals surface area contributed by atoms with Crippen LogP contribution in [-0.4, -0.2) is 18.6 Å². The van der Waals surface area contributed by atoms with E-state index in [2.05, 4.69) is 5.32 Å². The predicted molar refractivity (Wildman–Crippen MR) is 62.6 cm³/mol. The smallest absolute Gasteiger partial charge is 0.150 e. The van der Waals surface area contributed by atoms with E-state index in [1.54, 1.807) is 17.8 Å². The third kappa shape index (κ3) is 3.38. The second-order valence-corrected chi connectivity index (χ2v) is 4.19. The minimum Gasteiger partial charge on any atom is -0.380 e. The molecule has 16 heavy (non-hydrogen) atoms. The summed E-state index contributed by atoms with van der Waals surface area (Å²) in [6, 6.07) is 3.76. The molecule has 0 saturated heterocycles. The SMILES string of the molecule is CSCCCNc1c(F)cc(C#N)cc1F. The lowest BCUT2D eigenvalue weighted by molar-refractivity contribution is 0.587. The van der Waals surface area contributed by atoms with E-state index in [1.807, 2.05) is 6.26 Å². The van der Waals surface area contributed by atoms with Crippen LogP contribution >= 0.6 is 11.8 Å². The van der Waals surface area contributed by atoms with Crippen LogP contribution in [0.1, 0.15) is 12.0 Å². The number of rotatable bonds is 5. The molecule has 0 saturated carbocycles. The lowest BCUT2D eigenvalue weighted by Gasteiger charge is -2.08. The molecule has 5 heteroatoms. The van der Waals surface area contributed by atoms with E-state index in [1.165, 1.54) is 0 Å². The van der Waals surface area contributed by atoms with Crippen LogP contribution in [0.25, 0.3) is 0 Å². The molecule has 0 aliphatic heterocycles. The van der Waals surface area contributed by atoms with Crippen molar-refractivity contribution in [2.24, 2.45) is 0 Å². The highest BCUT2D eigenvalue weighted by molar-refractivity contribution is 7.98. The van der Waals surface area contributed by atoms with Crippen molar-refractivity contribution in [3.63, 3.8) is 0 Å². The molecule has 2 nitrogen and oxygen atoms in total. The first-order valence-electron chi connectivity index (χ1n) is 4.81. The van der Waals surface area contributed by atoms with Gasteiger partial charge in [-0.3, -0.25) is 0 Å². The molecule has 1 rings (SSSR count). The number of hydrogen-bond acceptors (Lipinski definition) is 3. The number of benzene rings is 1. The largest absolute Gasteiger partial charge is 0.380 e. The van der Waals surface area contributed by atoms with Crippen molar-refractivity contribution in [2.75, 3.05) is 23.9 Å². The van der Waals surface area contributed by atoms with E-state index in [4.69, 9.17) is 5.26 Å². The quantitative estimate of drug-likeness (QED) is 0.806. The van der Waals surface area contributed by atoms with Crippen molar-refractivity contribution < 1.29 is 8.78 Å². The molecule has 1 aromatic rings. The molecular formula is C11H12F2N2S. The molecule has 1 N–H and O–H groups in total. The van der Waals surface area contributed by atoms with E-state index in [0.717, 1.165) is 24.3 Å². The Labute approximate surface area is 97.7 Å². The van der Waals surface area contributed by atoms with Crippen LogP contribution in [0.15, 0.2) is 12.1 Å². The van der Waals surface area contributed by atoms with Gasteiger partial charge in [-0.15, -0.1) is 0 Å². The maximum atomic E-state index is 13.3. The number of nitrogens with one attached hydrogen (secondary N) is 1. The van der Waals surface area contributed by atoms with Crippen molar-refractivity contribution in [3.05, 3.63) is 29.3 Å². The van der Waals surface area contributed by atoms with Crippen LogP contribution in [0.5, 0.6) is 0 Å². The van der Waals surface area contributed by atoms with Gasteiger partial charge in [0.05, 0.1) is 11.6 Å². The Bertz CT molecular complexity index is 378. The fourth-order valence-electron chi connectivity index (χ4n) is 1.24. The van der Waals surface area contributed by atoms with Crippen LogP contribution < -0.4 is 5.32 Å². The molecule has 0 heterocycles. The second-order valence-electron chi connectivity index (χ2n) is 3.20. The standard InChI is InChI=1S/C11H12F2N2S/c1-16-4-2-3-15-11-9(12)5-8(7-14)6-10(11)13/h5-6,15H,2-4H2,1H3. The van der Waals surface area contributed by atoms with Gasteiger partial charge in [0.25, 0.3) is 0 Å². The number of hydrogen-bond donors (Lipinski definition) is 1.